The maximum atomic E-state index is 5.62. The zero-order valence-electron chi connectivity index (χ0n) is 10.6. The van der Waals surface area contributed by atoms with Gasteiger partial charge in [-0.25, -0.2) is 9.97 Å². The van der Waals surface area contributed by atoms with Gasteiger partial charge in [-0.2, -0.15) is 0 Å². The van der Waals surface area contributed by atoms with Crippen molar-refractivity contribution in [2.45, 2.75) is 38.5 Å². The fraction of sp³-hybridized carbons (Fsp3) is 0.615. The Morgan fingerprint density at radius 3 is 2.72 bits per heavy atom. The highest BCUT2D eigenvalue weighted by Gasteiger charge is 2.13. The number of hydrogen-bond donors (Lipinski definition) is 2. The first-order valence-electron chi connectivity index (χ1n) is 6.62. The molecule has 1 fully saturated rings. The molecule has 18 heavy (non-hydrogen) atoms. The smallest absolute Gasteiger partial charge is 0.155 e. The summed E-state index contributed by atoms with van der Waals surface area (Å²) in [5, 5.41) is 3.30. The first kappa shape index (κ1) is 13.2. The molecule has 0 saturated heterocycles. The van der Waals surface area contributed by atoms with Gasteiger partial charge in [0.25, 0.3) is 0 Å². The van der Waals surface area contributed by atoms with Crippen LogP contribution < -0.4 is 11.1 Å². The number of rotatable bonds is 5. The molecule has 1 heterocycles. The third-order valence-electron chi connectivity index (χ3n) is 3.50. The number of aromatic nitrogens is 2. The highest BCUT2D eigenvalue weighted by Crippen LogP contribution is 2.26. The first-order chi connectivity index (χ1) is 8.77. The van der Waals surface area contributed by atoms with E-state index >= 15 is 0 Å². The van der Waals surface area contributed by atoms with Crippen molar-refractivity contribution in [3.8, 4) is 0 Å². The summed E-state index contributed by atoms with van der Waals surface area (Å²) in [5.74, 6) is 1.57. The zero-order valence-corrected chi connectivity index (χ0v) is 11.4. The van der Waals surface area contributed by atoms with Gasteiger partial charge in [-0.15, -0.1) is 0 Å². The molecular formula is C13H20N4S. The molecule has 1 aromatic rings. The van der Waals surface area contributed by atoms with Gasteiger partial charge in [-0.05, 0) is 12.3 Å². The lowest BCUT2D eigenvalue weighted by molar-refractivity contribution is 0.345. The van der Waals surface area contributed by atoms with Crippen molar-refractivity contribution in [2.24, 2.45) is 11.7 Å². The van der Waals surface area contributed by atoms with E-state index in [1.54, 1.807) is 12.4 Å². The van der Waals surface area contributed by atoms with Crippen molar-refractivity contribution >= 4 is 23.0 Å². The Labute approximate surface area is 113 Å². The summed E-state index contributed by atoms with van der Waals surface area (Å²) < 4.78 is 0. The lowest BCUT2D eigenvalue weighted by atomic mass is 9.87. The number of nitrogens with one attached hydrogen (secondary N) is 1. The van der Waals surface area contributed by atoms with Crippen molar-refractivity contribution in [2.75, 3.05) is 11.9 Å². The van der Waals surface area contributed by atoms with Gasteiger partial charge in [-0.1, -0.05) is 44.3 Å². The number of nitrogens with two attached hydrogens (primary N) is 1. The van der Waals surface area contributed by atoms with Gasteiger partial charge in [0, 0.05) is 18.9 Å². The van der Waals surface area contributed by atoms with Crippen molar-refractivity contribution in [1.29, 1.82) is 0 Å². The topological polar surface area (TPSA) is 63.8 Å². The second-order valence-corrected chi connectivity index (χ2v) is 5.28. The molecule has 3 N–H and O–H groups in total. The van der Waals surface area contributed by atoms with Gasteiger partial charge in [0.1, 0.15) is 10.7 Å². The Balaban J connectivity index is 1.84. The van der Waals surface area contributed by atoms with E-state index in [-0.39, 0.29) is 0 Å². The number of thiocarbonyl (C=S) groups is 1. The van der Waals surface area contributed by atoms with E-state index in [1.165, 1.54) is 38.5 Å². The van der Waals surface area contributed by atoms with E-state index in [4.69, 9.17) is 18.0 Å². The first-order valence-corrected chi connectivity index (χ1v) is 7.03. The molecule has 1 saturated carbocycles. The van der Waals surface area contributed by atoms with Crippen LogP contribution in [0.5, 0.6) is 0 Å². The molecular weight excluding hydrogens is 244 g/mol. The largest absolute Gasteiger partial charge is 0.388 e. The van der Waals surface area contributed by atoms with Gasteiger partial charge in [0.15, 0.2) is 5.82 Å². The van der Waals surface area contributed by atoms with E-state index in [9.17, 15) is 0 Å². The molecule has 98 valence electrons. The average molecular weight is 264 g/mol. The quantitative estimate of drug-likeness (QED) is 0.800. The van der Waals surface area contributed by atoms with E-state index in [0.29, 0.717) is 16.5 Å². The van der Waals surface area contributed by atoms with Crippen molar-refractivity contribution in [3.05, 3.63) is 18.1 Å². The summed E-state index contributed by atoms with van der Waals surface area (Å²) in [6, 6.07) is 0. The molecule has 0 aliphatic heterocycles. The maximum Gasteiger partial charge on any atom is 0.155 e. The average Bonchev–Trinajstić information content (AvgIpc) is 2.40. The predicted molar refractivity (Wildman–Crippen MR) is 77.6 cm³/mol. The summed E-state index contributed by atoms with van der Waals surface area (Å²) >= 11 is 4.96. The summed E-state index contributed by atoms with van der Waals surface area (Å²) in [7, 11) is 0. The fourth-order valence-corrected chi connectivity index (χ4v) is 2.67. The minimum atomic E-state index is 0.295. The highest BCUT2D eigenvalue weighted by molar-refractivity contribution is 7.80. The summed E-state index contributed by atoms with van der Waals surface area (Å²) in [4.78, 5) is 8.69. The Hall–Kier alpha value is -1.23. The summed E-state index contributed by atoms with van der Waals surface area (Å²) in [5.41, 5.74) is 6.21. The standard InChI is InChI=1S/C13H20N4S/c14-12(18)11-13(17-9-8-15-11)16-7-6-10-4-2-1-3-5-10/h8-10H,1-7H2,(H2,14,18)(H,16,17). The van der Waals surface area contributed by atoms with Gasteiger partial charge < -0.3 is 11.1 Å². The number of hydrogen-bond acceptors (Lipinski definition) is 4. The highest BCUT2D eigenvalue weighted by atomic mass is 32.1. The Morgan fingerprint density at radius 1 is 1.28 bits per heavy atom. The van der Waals surface area contributed by atoms with Crippen molar-refractivity contribution in [1.82, 2.24) is 9.97 Å². The second-order valence-electron chi connectivity index (χ2n) is 4.84. The Morgan fingerprint density at radius 2 is 2.00 bits per heavy atom. The predicted octanol–water partition coefficient (Wildman–Crippen LogP) is 2.49. The lowest BCUT2D eigenvalue weighted by Gasteiger charge is -2.21. The molecule has 0 bridgehead atoms. The minimum Gasteiger partial charge on any atom is -0.388 e. The van der Waals surface area contributed by atoms with Crippen molar-refractivity contribution in [3.63, 3.8) is 0 Å². The molecule has 1 aromatic heterocycles. The molecule has 1 aliphatic carbocycles. The Kier molecular flexibility index (Phi) is 4.87. The normalized spacial score (nSPS) is 16.4. The zero-order chi connectivity index (χ0) is 12.8. The monoisotopic (exact) mass is 264 g/mol. The van der Waals surface area contributed by atoms with Crippen LogP contribution in [0.2, 0.25) is 0 Å². The molecule has 0 aromatic carbocycles. The molecule has 0 radical (unpaired) electrons. The maximum absolute atomic E-state index is 5.62. The van der Waals surface area contributed by atoms with Gasteiger partial charge in [-0.3, -0.25) is 0 Å². The second kappa shape index (κ2) is 6.64. The van der Waals surface area contributed by atoms with Crippen LogP contribution in [0.3, 0.4) is 0 Å². The fourth-order valence-electron chi connectivity index (χ4n) is 2.52. The van der Waals surface area contributed by atoms with Crippen LogP contribution in [0.25, 0.3) is 0 Å². The van der Waals surface area contributed by atoms with Crippen LogP contribution in [0.15, 0.2) is 12.4 Å². The number of nitrogens with zero attached hydrogens (tertiary/aromatic N) is 2. The molecule has 5 heteroatoms. The van der Waals surface area contributed by atoms with E-state index < -0.39 is 0 Å². The van der Waals surface area contributed by atoms with Gasteiger partial charge >= 0.3 is 0 Å². The van der Waals surface area contributed by atoms with Crippen LogP contribution in [-0.4, -0.2) is 21.5 Å². The lowest BCUT2D eigenvalue weighted by Crippen LogP contribution is -2.18. The summed E-state index contributed by atoms with van der Waals surface area (Å²) in [6.07, 6.45) is 11.4. The molecule has 1 aliphatic rings. The molecule has 0 atom stereocenters. The van der Waals surface area contributed by atoms with Crippen LogP contribution in [0.1, 0.15) is 44.2 Å². The summed E-state index contributed by atoms with van der Waals surface area (Å²) in [6.45, 7) is 0.916. The van der Waals surface area contributed by atoms with E-state index in [0.717, 1.165) is 12.5 Å². The molecule has 2 rings (SSSR count). The molecule has 0 unspecified atom stereocenters. The minimum absolute atomic E-state index is 0.295. The van der Waals surface area contributed by atoms with Crippen molar-refractivity contribution < 1.29 is 0 Å². The van der Waals surface area contributed by atoms with Crippen LogP contribution in [0, 0.1) is 5.92 Å². The number of anilines is 1. The molecule has 4 nitrogen and oxygen atoms in total. The van der Waals surface area contributed by atoms with Gasteiger partial charge in [0.05, 0.1) is 0 Å². The SMILES string of the molecule is NC(=S)c1nccnc1NCCC1CCCCC1. The van der Waals surface area contributed by atoms with Gasteiger partial charge in [0.2, 0.25) is 0 Å². The van der Waals surface area contributed by atoms with Crippen LogP contribution >= 0.6 is 12.2 Å². The van der Waals surface area contributed by atoms with E-state index in [2.05, 4.69) is 15.3 Å². The third-order valence-corrected chi connectivity index (χ3v) is 3.69. The van der Waals surface area contributed by atoms with E-state index in [1.807, 2.05) is 0 Å². The van der Waals surface area contributed by atoms with Crippen LogP contribution in [-0.2, 0) is 0 Å². The molecule has 0 amide bonds. The third kappa shape index (κ3) is 3.63. The molecule has 0 spiro atoms. The van der Waals surface area contributed by atoms with Crippen LogP contribution in [0.4, 0.5) is 5.82 Å². The Bertz CT molecular complexity index is 402.